The van der Waals surface area contributed by atoms with Crippen LogP contribution in [-0.2, 0) is 17.8 Å². The molecule has 3 rings (SSSR count). The van der Waals surface area contributed by atoms with Crippen LogP contribution >= 0.6 is 0 Å². The number of hydrogen-bond donors (Lipinski definition) is 0. The molecule has 2 aromatic rings. The van der Waals surface area contributed by atoms with Crippen LogP contribution in [0.3, 0.4) is 0 Å². The van der Waals surface area contributed by atoms with Crippen molar-refractivity contribution in [3.63, 3.8) is 0 Å². The van der Waals surface area contributed by atoms with E-state index < -0.39 is 0 Å². The zero-order chi connectivity index (χ0) is 16.1. The Kier molecular flexibility index (Phi) is 4.92. The van der Waals surface area contributed by atoms with Crippen molar-refractivity contribution < 1.29 is 4.79 Å². The van der Waals surface area contributed by atoms with Crippen molar-refractivity contribution in [1.82, 2.24) is 4.90 Å². The van der Waals surface area contributed by atoms with Crippen LogP contribution in [0, 0.1) is 0 Å². The van der Waals surface area contributed by atoms with Crippen molar-refractivity contribution in [3.8, 4) is 0 Å². The van der Waals surface area contributed by atoms with Crippen molar-refractivity contribution in [3.05, 3.63) is 77.0 Å². The van der Waals surface area contributed by atoms with Crippen molar-refractivity contribution in [1.29, 1.82) is 0 Å². The Morgan fingerprint density at radius 1 is 1.00 bits per heavy atom. The summed E-state index contributed by atoms with van der Waals surface area (Å²) in [5.74, 6) is 0.196. The maximum atomic E-state index is 12.8. The Bertz CT molecular complexity index is 703. The van der Waals surface area contributed by atoms with Gasteiger partial charge in [-0.05, 0) is 35.6 Å². The molecule has 0 N–H and O–H groups in total. The van der Waals surface area contributed by atoms with Crippen LogP contribution < -0.4 is 0 Å². The van der Waals surface area contributed by atoms with Gasteiger partial charge in [0.2, 0.25) is 5.91 Å². The molecule has 0 radical (unpaired) electrons. The molecule has 23 heavy (non-hydrogen) atoms. The number of carbonyl (C=O) groups excluding carboxylic acids is 1. The molecular formula is C21H23NO. The summed E-state index contributed by atoms with van der Waals surface area (Å²) in [6.45, 7) is 2.85. The summed E-state index contributed by atoms with van der Waals surface area (Å²) < 4.78 is 0. The monoisotopic (exact) mass is 305 g/mol. The van der Waals surface area contributed by atoms with Gasteiger partial charge < -0.3 is 4.90 Å². The number of benzene rings is 2. The van der Waals surface area contributed by atoms with E-state index in [0.29, 0.717) is 13.0 Å². The Labute approximate surface area is 138 Å². The first-order valence-electron chi connectivity index (χ1n) is 8.40. The zero-order valence-corrected chi connectivity index (χ0v) is 13.7. The molecule has 1 aliphatic heterocycles. The van der Waals surface area contributed by atoms with Crippen LogP contribution in [0.4, 0.5) is 0 Å². The fraction of sp³-hybridized carbons (Fsp3) is 0.286. The Morgan fingerprint density at radius 3 is 2.52 bits per heavy atom. The minimum atomic E-state index is 0.196. The molecule has 1 heterocycles. The Morgan fingerprint density at radius 2 is 1.74 bits per heavy atom. The lowest BCUT2D eigenvalue weighted by Crippen LogP contribution is -2.30. The summed E-state index contributed by atoms with van der Waals surface area (Å²) >= 11 is 0. The first-order valence-corrected chi connectivity index (χ1v) is 8.40. The average molecular weight is 305 g/mol. The van der Waals surface area contributed by atoms with Gasteiger partial charge in [0.25, 0.3) is 0 Å². The molecule has 0 saturated heterocycles. The van der Waals surface area contributed by atoms with E-state index in [1.807, 2.05) is 35.2 Å². The summed E-state index contributed by atoms with van der Waals surface area (Å²) in [6.07, 6.45) is 5.87. The minimum absolute atomic E-state index is 0.196. The molecule has 0 atom stereocenters. The third-order valence-corrected chi connectivity index (χ3v) is 4.34. The highest BCUT2D eigenvalue weighted by molar-refractivity contribution is 5.84. The predicted octanol–water partition coefficient (Wildman–Crippen LogP) is 4.80. The van der Waals surface area contributed by atoms with Crippen LogP contribution in [0.2, 0.25) is 0 Å². The van der Waals surface area contributed by atoms with Gasteiger partial charge in [-0.15, -0.1) is 0 Å². The smallest absolute Gasteiger partial charge is 0.231 e. The van der Waals surface area contributed by atoms with Gasteiger partial charge in [0.1, 0.15) is 0 Å². The third kappa shape index (κ3) is 3.70. The number of unbranched alkanes of at least 4 members (excludes halogenated alkanes) is 1. The second-order valence-electron chi connectivity index (χ2n) is 6.08. The quantitative estimate of drug-likeness (QED) is 0.777. The van der Waals surface area contributed by atoms with E-state index in [2.05, 4.69) is 37.3 Å². The molecule has 2 heteroatoms. The van der Waals surface area contributed by atoms with Crippen molar-refractivity contribution in [2.75, 3.05) is 0 Å². The number of rotatable bonds is 5. The summed E-state index contributed by atoms with van der Waals surface area (Å²) in [7, 11) is 0. The van der Waals surface area contributed by atoms with Crippen LogP contribution in [0.5, 0.6) is 0 Å². The van der Waals surface area contributed by atoms with E-state index in [9.17, 15) is 4.79 Å². The van der Waals surface area contributed by atoms with Crippen LogP contribution in [0.15, 0.2) is 60.3 Å². The van der Waals surface area contributed by atoms with Gasteiger partial charge >= 0.3 is 0 Å². The lowest BCUT2D eigenvalue weighted by Gasteiger charge is -2.24. The highest BCUT2D eigenvalue weighted by atomic mass is 16.2. The Balaban J connectivity index is 1.94. The fourth-order valence-corrected chi connectivity index (χ4v) is 3.03. The predicted molar refractivity (Wildman–Crippen MR) is 94.6 cm³/mol. The van der Waals surface area contributed by atoms with E-state index >= 15 is 0 Å². The normalized spacial score (nSPS) is 14.2. The molecule has 0 saturated carbocycles. The maximum Gasteiger partial charge on any atom is 0.231 e. The van der Waals surface area contributed by atoms with Crippen LogP contribution in [-0.4, -0.2) is 10.8 Å². The molecule has 0 aliphatic carbocycles. The summed E-state index contributed by atoms with van der Waals surface area (Å²) in [6, 6.07) is 18.5. The average Bonchev–Trinajstić information content (AvgIpc) is 2.71. The molecule has 0 unspecified atom stereocenters. The number of carbonyl (C=O) groups is 1. The topological polar surface area (TPSA) is 20.3 Å². The standard InChI is InChI=1S/C21H23NO/c1-2-3-13-20-14-18-11-7-8-12-19(18)15-21(23)22(20)16-17-9-5-4-6-10-17/h4-12,14H,2-3,13,15-16H2,1H3. The van der Waals surface area contributed by atoms with Gasteiger partial charge in [-0.2, -0.15) is 0 Å². The largest absolute Gasteiger partial charge is 0.311 e. The second-order valence-corrected chi connectivity index (χ2v) is 6.08. The second kappa shape index (κ2) is 7.28. The molecule has 1 amide bonds. The number of amides is 1. The molecular weight excluding hydrogens is 282 g/mol. The SMILES string of the molecule is CCCCC1=Cc2ccccc2CC(=O)N1Cc1ccccc1. The van der Waals surface area contributed by atoms with Crippen molar-refractivity contribution >= 4 is 12.0 Å². The van der Waals surface area contributed by atoms with Crippen LogP contribution in [0.1, 0.15) is 42.9 Å². The molecule has 0 bridgehead atoms. The van der Waals surface area contributed by atoms with Crippen molar-refractivity contribution in [2.45, 2.75) is 39.2 Å². The molecule has 0 aromatic heterocycles. The van der Waals surface area contributed by atoms with Gasteiger partial charge in [0.15, 0.2) is 0 Å². The summed E-state index contributed by atoms with van der Waals surface area (Å²) in [5, 5.41) is 0. The van der Waals surface area contributed by atoms with Crippen molar-refractivity contribution in [2.24, 2.45) is 0 Å². The number of allylic oxidation sites excluding steroid dienone is 1. The first-order chi connectivity index (χ1) is 11.3. The van der Waals surface area contributed by atoms with E-state index in [1.54, 1.807) is 0 Å². The van der Waals surface area contributed by atoms with Crippen LogP contribution in [0.25, 0.3) is 6.08 Å². The number of hydrogen-bond acceptors (Lipinski definition) is 1. The molecule has 2 nitrogen and oxygen atoms in total. The third-order valence-electron chi connectivity index (χ3n) is 4.34. The highest BCUT2D eigenvalue weighted by Gasteiger charge is 2.22. The molecule has 118 valence electrons. The number of nitrogens with zero attached hydrogens (tertiary/aromatic N) is 1. The molecule has 1 aliphatic rings. The van der Waals surface area contributed by atoms with Gasteiger partial charge in [0, 0.05) is 5.70 Å². The fourth-order valence-electron chi connectivity index (χ4n) is 3.03. The zero-order valence-electron chi connectivity index (χ0n) is 13.7. The molecule has 2 aromatic carbocycles. The highest BCUT2D eigenvalue weighted by Crippen LogP contribution is 2.26. The van der Waals surface area contributed by atoms with Gasteiger partial charge in [0.05, 0.1) is 13.0 Å². The first kappa shape index (κ1) is 15.5. The maximum absolute atomic E-state index is 12.8. The Hall–Kier alpha value is -2.35. The summed E-state index contributed by atoms with van der Waals surface area (Å²) in [4.78, 5) is 14.8. The van der Waals surface area contributed by atoms with E-state index in [-0.39, 0.29) is 5.91 Å². The lowest BCUT2D eigenvalue weighted by atomic mass is 10.0. The molecule has 0 fully saturated rings. The van der Waals surface area contributed by atoms with Gasteiger partial charge in [-0.3, -0.25) is 4.79 Å². The van der Waals surface area contributed by atoms with E-state index in [4.69, 9.17) is 0 Å². The van der Waals surface area contributed by atoms with Gasteiger partial charge in [-0.1, -0.05) is 67.9 Å². The van der Waals surface area contributed by atoms with E-state index in [0.717, 1.165) is 30.5 Å². The minimum Gasteiger partial charge on any atom is -0.311 e. The van der Waals surface area contributed by atoms with E-state index in [1.165, 1.54) is 11.1 Å². The van der Waals surface area contributed by atoms with Gasteiger partial charge in [-0.25, -0.2) is 0 Å². The summed E-state index contributed by atoms with van der Waals surface area (Å²) in [5.41, 5.74) is 4.63. The number of fused-ring (bicyclic) bond motifs is 1. The molecule has 0 spiro atoms. The lowest BCUT2D eigenvalue weighted by molar-refractivity contribution is -0.129.